The molecule has 3 aromatic rings. The maximum absolute atomic E-state index is 15.0. The van der Waals surface area contributed by atoms with Crippen molar-refractivity contribution in [2.75, 3.05) is 32.3 Å². The molecule has 0 saturated carbocycles. The number of hydrogen-bond donors (Lipinski definition) is 2. The molecule has 4 rings (SSSR count). The lowest BCUT2D eigenvalue weighted by molar-refractivity contribution is -0.157. The summed E-state index contributed by atoms with van der Waals surface area (Å²) in [5, 5.41) is 5.84. The number of nitrogens with one attached hydrogen (secondary N) is 2. The summed E-state index contributed by atoms with van der Waals surface area (Å²) in [7, 11) is -4.15. The molecule has 0 bridgehead atoms. The molecule has 0 radical (unpaired) electrons. The van der Waals surface area contributed by atoms with Gasteiger partial charge in [-0.15, -0.1) is 23.5 Å². The molecule has 1 heterocycles. The Morgan fingerprint density at radius 3 is 1.72 bits per heavy atom. The van der Waals surface area contributed by atoms with E-state index in [0.29, 0.717) is 55.2 Å². The molecule has 13 nitrogen and oxygen atoms in total. The van der Waals surface area contributed by atoms with Crippen LogP contribution in [0.15, 0.2) is 82.6 Å². The van der Waals surface area contributed by atoms with Crippen molar-refractivity contribution < 1.29 is 47.0 Å². The molecule has 2 N–H and O–H groups in total. The van der Waals surface area contributed by atoms with E-state index >= 15 is 0 Å². The van der Waals surface area contributed by atoms with Crippen LogP contribution in [0.25, 0.3) is 0 Å². The lowest BCUT2D eigenvalue weighted by Gasteiger charge is -2.41. The summed E-state index contributed by atoms with van der Waals surface area (Å²) in [6.45, 7) is 12.4. The van der Waals surface area contributed by atoms with Gasteiger partial charge in [-0.3, -0.25) is 14.4 Å². The Morgan fingerprint density at radius 2 is 1.25 bits per heavy atom. The zero-order valence-corrected chi connectivity index (χ0v) is 38.6. The van der Waals surface area contributed by atoms with Gasteiger partial charge in [0.2, 0.25) is 11.8 Å². The van der Waals surface area contributed by atoms with Crippen molar-refractivity contribution in [1.29, 1.82) is 0 Å². The first-order valence-corrected chi connectivity index (χ1v) is 24.1. The van der Waals surface area contributed by atoms with Gasteiger partial charge in [-0.05, 0) is 137 Å². The number of thioether (sulfide) groups is 2. The van der Waals surface area contributed by atoms with E-state index < -0.39 is 60.2 Å². The van der Waals surface area contributed by atoms with E-state index in [2.05, 4.69) is 10.6 Å². The predicted octanol–water partition coefficient (Wildman–Crippen LogP) is 8.74. The zero-order chi connectivity index (χ0) is 44.1. The van der Waals surface area contributed by atoms with E-state index in [1.807, 2.05) is 64.5 Å². The molecule has 1 aliphatic rings. The Bertz CT molecular complexity index is 1880. The Balaban J connectivity index is 1.47. The molecule has 1 saturated heterocycles. The minimum atomic E-state index is -4.15. The summed E-state index contributed by atoms with van der Waals surface area (Å²) in [5.41, 5.74) is -1.36. The fraction of sp³-hybridized carbons (Fsp3) is 0.500. The monoisotopic (exact) mass is 885 g/mol. The third-order valence-corrected chi connectivity index (χ3v) is 12.9. The molecule has 16 heteroatoms. The van der Waals surface area contributed by atoms with Crippen molar-refractivity contribution in [3.63, 3.8) is 0 Å². The average molecular weight is 886 g/mol. The van der Waals surface area contributed by atoms with Gasteiger partial charge in [0.05, 0.1) is 0 Å². The lowest BCUT2D eigenvalue weighted by atomic mass is 9.84. The molecule has 0 spiro atoms. The van der Waals surface area contributed by atoms with Crippen molar-refractivity contribution >= 4 is 54.8 Å². The van der Waals surface area contributed by atoms with E-state index in [0.717, 1.165) is 9.79 Å². The first kappa shape index (κ1) is 48.3. The number of amides is 3. The summed E-state index contributed by atoms with van der Waals surface area (Å²) in [4.78, 5) is 57.6. The number of rotatable bonds is 19. The Hall–Kier alpha value is -4.33. The molecule has 1 aliphatic heterocycles. The fourth-order valence-corrected chi connectivity index (χ4v) is 9.13. The second-order valence-corrected chi connectivity index (χ2v) is 20.3. The topological polar surface area (TPSA) is 159 Å². The molecular formula is C44H60N3O10PS2. The number of ether oxygens (including phenoxy) is 3. The summed E-state index contributed by atoms with van der Waals surface area (Å²) >= 11 is 3.12. The largest absolute Gasteiger partial charge is 0.484 e. The maximum Gasteiger partial charge on any atom is 0.452 e. The van der Waals surface area contributed by atoms with Crippen LogP contribution >= 0.6 is 31.1 Å². The molecule has 3 atom stereocenters. The van der Waals surface area contributed by atoms with Crippen molar-refractivity contribution in [1.82, 2.24) is 15.5 Å². The number of likely N-dealkylation sites (tertiary alicyclic amines) is 1. The highest BCUT2D eigenvalue weighted by atomic mass is 32.2. The number of carbonyl (C=O) groups is 4. The highest BCUT2D eigenvalue weighted by Gasteiger charge is 2.45. The summed E-state index contributed by atoms with van der Waals surface area (Å²) < 4.78 is 43.9. The van der Waals surface area contributed by atoms with Crippen LogP contribution in [0.2, 0.25) is 0 Å². The van der Waals surface area contributed by atoms with Crippen LogP contribution in [0.5, 0.6) is 23.0 Å². The third-order valence-electron chi connectivity index (χ3n) is 9.31. The van der Waals surface area contributed by atoms with Crippen LogP contribution in [0.1, 0.15) is 80.6 Å². The number of nitrogens with zero attached hydrogens (tertiary/aromatic N) is 1. The quantitative estimate of drug-likeness (QED) is 0.0671. The normalized spacial score (nSPS) is 15.6. The van der Waals surface area contributed by atoms with Crippen molar-refractivity contribution in [2.45, 2.75) is 114 Å². The smallest absolute Gasteiger partial charge is 0.452 e. The molecule has 2 unspecified atom stereocenters. The first-order chi connectivity index (χ1) is 28.3. The molecule has 1 fully saturated rings. The Labute approximate surface area is 363 Å². The summed E-state index contributed by atoms with van der Waals surface area (Å²) in [6, 6.07) is 18.8. The number of benzene rings is 3. The number of carbonyl (C=O) groups excluding carboxylic acids is 4. The Kier molecular flexibility index (Phi) is 17.7. The Morgan fingerprint density at radius 1 is 0.750 bits per heavy atom. The van der Waals surface area contributed by atoms with Gasteiger partial charge >= 0.3 is 13.6 Å². The minimum Gasteiger partial charge on any atom is -0.484 e. The van der Waals surface area contributed by atoms with Crippen LogP contribution in [-0.2, 0) is 28.5 Å². The van der Waals surface area contributed by atoms with Gasteiger partial charge in [0.25, 0.3) is 5.91 Å². The van der Waals surface area contributed by atoms with Crippen LogP contribution < -0.4 is 29.2 Å². The highest BCUT2D eigenvalue weighted by molar-refractivity contribution is 7.98. The highest BCUT2D eigenvalue weighted by Crippen LogP contribution is 2.53. The average Bonchev–Trinajstić information content (AvgIpc) is 3.20. The van der Waals surface area contributed by atoms with E-state index in [1.54, 1.807) is 92.8 Å². The van der Waals surface area contributed by atoms with E-state index in [9.17, 15) is 23.7 Å². The second kappa shape index (κ2) is 22.0. The number of esters is 1. The van der Waals surface area contributed by atoms with Crippen LogP contribution in [0.4, 0.5) is 0 Å². The minimum absolute atomic E-state index is 0.258. The predicted molar refractivity (Wildman–Crippen MR) is 236 cm³/mol. The number of hydrogen-bond acceptors (Lipinski definition) is 12. The van der Waals surface area contributed by atoms with Crippen molar-refractivity contribution in [3.05, 3.63) is 72.8 Å². The van der Waals surface area contributed by atoms with Crippen LogP contribution in [0, 0.1) is 5.41 Å². The fourth-order valence-electron chi connectivity index (χ4n) is 6.34. The lowest BCUT2D eigenvalue weighted by Crippen LogP contribution is -2.61. The van der Waals surface area contributed by atoms with Gasteiger partial charge in [-0.1, -0.05) is 34.1 Å². The molecule has 328 valence electrons. The molecule has 0 aliphatic carbocycles. The molecule has 0 aromatic heterocycles. The molecule has 3 aromatic carbocycles. The van der Waals surface area contributed by atoms with E-state index in [-0.39, 0.29) is 19.6 Å². The van der Waals surface area contributed by atoms with E-state index in [4.69, 9.17) is 23.3 Å². The standard InChI is InChI=1S/C44H60N3O10PS2/c1-10-13-38(58(52,56-32-19-23-34(59-8)24-20-32)57-33-21-25-35(60-9)26-22-33)46-41(50)36-14-11-12-27-47(36)42(51)40(43(2,3)4)45-37(48)28-53-30-15-17-31(18-16-30)54-29-39(49)55-44(5,6)7/h15-26,36,38,40H,10-14,27-29H2,1-9H3,(H,45,48)(H,46,50)/t36?,38-,40?/m1/s1. The third kappa shape index (κ3) is 14.7. The van der Waals surface area contributed by atoms with Crippen LogP contribution in [-0.4, -0.2) is 84.3 Å². The van der Waals surface area contributed by atoms with Crippen molar-refractivity contribution in [2.24, 2.45) is 5.41 Å². The summed E-state index contributed by atoms with van der Waals surface area (Å²) in [5.74, 6) is -1.51. The van der Waals surface area contributed by atoms with E-state index in [1.165, 1.54) is 4.90 Å². The van der Waals surface area contributed by atoms with Gasteiger partial charge in [0, 0.05) is 16.3 Å². The number of piperidine rings is 1. The van der Waals surface area contributed by atoms with Gasteiger partial charge < -0.3 is 38.8 Å². The zero-order valence-electron chi connectivity index (χ0n) is 36.1. The van der Waals surface area contributed by atoms with Crippen molar-refractivity contribution in [3.8, 4) is 23.0 Å². The SMILES string of the molecule is CCC[C@H](NC(=O)C1CCCCN1C(=O)C(NC(=O)COc1ccc(OCC(=O)OC(C)(C)C)cc1)C(C)(C)C)P(=O)(Oc1ccc(SC)cc1)Oc1ccc(SC)cc1. The molecule has 60 heavy (non-hydrogen) atoms. The van der Waals surface area contributed by atoms with Gasteiger partial charge in [0.15, 0.2) is 19.0 Å². The van der Waals surface area contributed by atoms with Crippen LogP contribution in [0.3, 0.4) is 0 Å². The van der Waals surface area contributed by atoms with Gasteiger partial charge in [0.1, 0.15) is 40.7 Å². The molecular weight excluding hydrogens is 826 g/mol. The van der Waals surface area contributed by atoms with Gasteiger partial charge in [-0.2, -0.15) is 0 Å². The molecule has 3 amide bonds. The second-order valence-electron chi connectivity index (χ2n) is 16.4. The van der Waals surface area contributed by atoms with Gasteiger partial charge in [-0.25, -0.2) is 9.36 Å². The first-order valence-electron chi connectivity index (χ1n) is 20.1. The summed E-state index contributed by atoms with van der Waals surface area (Å²) in [6.07, 6.45) is 6.48. The maximum atomic E-state index is 15.0.